The second kappa shape index (κ2) is 5.61. The smallest absolute Gasteiger partial charge is 0.0743 e. The third-order valence-electron chi connectivity index (χ3n) is 6.88. The summed E-state index contributed by atoms with van der Waals surface area (Å²) in [6.45, 7) is 5.54. The molecule has 2 heterocycles. The summed E-state index contributed by atoms with van der Waals surface area (Å²) < 4.78 is 0. The number of hydrogen-bond acceptors (Lipinski definition) is 2. The van der Waals surface area contributed by atoms with E-state index in [1.54, 1.807) is 0 Å². The molecule has 2 atom stereocenters. The molecule has 0 radical (unpaired) electrons. The molecule has 2 heteroatoms. The van der Waals surface area contributed by atoms with Crippen molar-refractivity contribution in [2.45, 2.75) is 76.3 Å². The molecule has 0 amide bonds. The van der Waals surface area contributed by atoms with Crippen LogP contribution < -0.4 is 0 Å². The van der Waals surface area contributed by atoms with Crippen LogP contribution in [0.1, 0.15) is 70.6 Å². The van der Waals surface area contributed by atoms with E-state index in [2.05, 4.69) is 9.80 Å². The van der Waals surface area contributed by atoms with Crippen molar-refractivity contribution in [3.8, 4) is 0 Å². The Morgan fingerprint density at radius 3 is 1.45 bits per heavy atom. The number of nitrogens with zero attached hydrogens (tertiary/aromatic N) is 2. The van der Waals surface area contributed by atoms with Gasteiger partial charge in [-0.1, -0.05) is 32.1 Å². The summed E-state index contributed by atoms with van der Waals surface area (Å²) in [5, 5.41) is 0. The summed E-state index contributed by atoms with van der Waals surface area (Å²) in [7, 11) is 0. The maximum absolute atomic E-state index is 2.94. The van der Waals surface area contributed by atoms with Crippen LogP contribution in [0.25, 0.3) is 0 Å². The van der Waals surface area contributed by atoms with Gasteiger partial charge in [0.2, 0.25) is 0 Å². The zero-order chi connectivity index (χ0) is 13.4. The Labute approximate surface area is 124 Å². The van der Waals surface area contributed by atoms with Gasteiger partial charge in [0.05, 0.1) is 5.66 Å². The first-order valence-electron chi connectivity index (χ1n) is 9.39. The minimum absolute atomic E-state index is 0.497. The summed E-state index contributed by atoms with van der Waals surface area (Å²) >= 11 is 0. The fraction of sp³-hybridized carbons (Fsp3) is 1.00. The van der Waals surface area contributed by atoms with Crippen molar-refractivity contribution in [2.75, 3.05) is 26.2 Å². The molecule has 4 aliphatic rings. The van der Waals surface area contributed by atoms with E-state index in [4.69, 9.17) is 0 Å². The van der Waals surface area contributed by atoms with Crippen molar-refractivity contribution in [1.29, 1.82) is 0 Å². The minimum Gasteiger partial charge on any atom is -0.285 e. The molecule has 0 bridgehead atoms. The van der Waals surface area contributed by atoms with Crippen LogP contribution in [0.5, 0.6) is 0 Å². The van der Waals surface area contributed by atoms with Crippen LogP contribution in [0, 0.1) is 11.8 Å². The monoisotopic (exact) mass is 276 g/mol. The fourth-order valence-electron chi connectivity index (χ4n) is 5.91. The van der Waals surface area contributed by atoms with Gasteiger partial charge in [-0.15, -0.1) is 0 Å². The van der Waals surface area contributed by atoms with E-state index in [0.717, 1.165) is 11.8 Å². The number of piperidine rings is 2. The first-order valence-corrected chi connectivity index (χ1v) is 9.39. The standard InChI is InChI=1S/C18H32N2/c1-3-10-19(11-4-1)18(20-12-5-2-6-13-20)14-16-8-7-9-17(16)15-18/h16-17H,1-15H2. The van der Waals surface area contributed by atoms with Gasteiger partial charge in [0, 0.05) is 0 Å². The van der Waals surface area contributed by atoms with Crippen LogP contribution in [0.2, 0.25) is 0 Å². The lowest BCUT2D eigenvalue weighted by atomic mass is 9.94. The fourth-order valence-corrected chi connectivity index (χ4v) is 5.91. The van der Waals surface area contributed by atoms with Gasteiger partial charge in [-0.3, -0.25) is 9.80 Å². The van der Waals surface area contributed by atoms with Crippen LogP contribution in [0.4, 0.5) is 0 Å². The quantitative estimate of drug-likeness (QED) is 0.755. The van der Waals surface area contributed by atoms with Gasteiger partial charge in [0.1, 0.15) is 0 Å². The van der Waals surface area contributed by atoms with Crippen molar-refractivity contribution in [3.05, 3.63) is 0 Å². The topological polar surface area (TPSA) is 6.48 Å². The maximum Gasteiger partial charge on any atom is 0.0743 e. The van der Waals surface area contributed by atoms with Gasteiger partial charge < -0.3 is 0 Å². The van der Waals surface area contributed by atoms with Crippen molar-refractivity contribution in [1.82, 2.24) is 9.80 Å². The van der Waals surface area contributed by atoms with E-state index in [1.807, 2.05) is 0 Å². The average molecular weight is 276 g/mol. The molecule has 2 aliphatic heterocycles. The normalized spacial score (nSPS) is 39.0. The maximum atomic E-state index is 2.94. The molecular formula is C18H32N2. The lowest BCUT2D eigenvalue weighted by Gasteiger charge is -2.52. The zero-order valence-corrected chi connectivity index (χ0v) is 13.2. The van der Waals surface area contributed by atoms with E-state index in [9.17, 15) is 0 Å². The van der Waals surface area contributed by atoms with Crippen molar-refractivity contribution >= 4 is 0 Å². The van der Waals surface area contributed by atoms with Gasteiger partial charge in [-0.2, -0.15) is 0 Å². The van der Waals surface area contributed by atoms with Gasteiger partial charge in [0.25, 0.3) is 0 Å². The van der Waals surface area contributed by atoms with Gasteiger partial charge in [0.15, 0.2) is 0 Å². The molecule has 2 saturated heterocycles. The highest BCUT2D eigenvalue weighted by Crippen LogP contribution is 2.53. The summed E-state index contributed by atoms with van der Waals surface area (Å²) in [4.78, 5) is 5.89. The van der Waals surface area contributed by atoms with Crippen molar-refractivity contribution in [2.24, 2.45) is 11.8 Å². The summed E-state index contributed by atoms with van der Waals surface area (Å²) in [6.07, 6.45) is 16.4. The Hall–Kier alpha value is -0.0800. The number of fused-ring (bicyclic) bond motifs is 1. The van der Waals surface area contributed by atoms with Gasteiger partial charge >= 0.3 is 0 Å². The highest BCUT2D eigenvalue weighted by atomic mass is 15.4. The summed E-state index contributed by atoms with van der Waals surface area (Å²) in [5.41, 5.74) is 0.497. The van der Waals surface area contributed by atoms with Crippen molar-refractivity contribution in [3.63, 3.8) is 0 Å². The predicted molar refractivity (Wildman–Crippen MR) is 83.6 cm³/mol. The lowest BCUT2D eigenvalue weighted by molar-refractivity contribution is -0.0784. The molecule has 0 aromatic heterocycles. The third-order valence-corrected chi connectivity index (χ3v) is 6.88. The Kier molecular flexibility index (Phi) is 3.80. The van der Waals surface area contributed by atoms with E-state index in [1.165, 1.54) is 96.8 Å². The number of likely N-dealkylation sites (tertiary alicyclic amines) is 2. The highest BCUT2D eigenvalue weighted by molar-refractivity contribution is 5.04. The van der Waals surface area contributed by atoms with E-state index in [-0.39, 0.29) is 0 Å². The summed E-state index contributed by atoms with van der Waals surface area (Å²) in [6, 6.07) is 0. The number of hydrogen-bond donors (Lipinski definition) is 0. The first kappa shape index (κ1) is 13.6. The molecule has 2 saturated carbocycles. The molecule has 0 aromatic rings. The Morgan fingerprint density at radius 1 is 0.550 bits per heavy atom. The molecule has 4 fully saturated rings. The molecule has 0 aromatic carbocycles. The Bertz CT molecular complexity index is 296. The van der Waals surface area contributed by atoms with Gasteiger partial charge in [-0.25, -0.2) is 0 Å². The second-order valence-corrected chi connectivity index (χ2v) is 7.94. The second-order valence-electron chi connectivity index (χ2n) is 7.94. The molecule has 2 nitrogen and oxygen atoms in total. The molecule has 0 spiro atoms. The molecule has 114 valence electrons. The van der Waals surface area contributed by atoms with Crippen LogP contribution >= 0.6 is 0 Å². The van der Waals surface area contributed by atoms with E-state index < -0.39 is 0 Å². The highest BCUT2D eigenvalue weighted by Gasteiger charge is 2.53. The molecule has 20 heavy (non-hydrogen) atoms. The molecule has 4 rings (SSSR count). The molecular weight excluding hydrogens is 244 g/mol. The predicted octanol–water partition coefficient (Wildman–Crippen LogP) is 3.86. The molecule has 2 aliphatic carbocycles. The molecule has 0 N–H and O–H groups in total. The van der Waals surface area contributed by atoms with Crippen LogP contribution in [-0.2, 0) is 0 Å². The van der Waals surface area contributed by atoms with Crippen LogP contribution in [0.15, 0.2) is 0 Å². The lowest BCUT2D eigenvalue weighted by Crippen LogP contribution is -2.61. The largest absolute Gasteiger partial charge is 0.285 e. The third kappa shape index (κ3) is 2.23. The van der Waals surface area contributed by atoms with Crippen LogP contribution in [0.3, 0.4) is 0 Å². The SMILES string of the molecule is C1CCN(C2(N3CCCCC3)CC3CCCC3C2)CC1. The van der Waals surface area contributed by atoms with Crippen LogP contribution in [-0.4, -0.2) is 41.6 Å². The zero-order valence-electron chi connectivity index (χ0n) is 13.2. The van der Waals surface area contributed by atoms with Gasteiger partial charge in [-0.05, 0) is 76.5 Å². The van der Waals surface area contributed by atoms with Crippen molar-refractivity contribution < 1.29 is 0 Å². The Morgan fingerprint density at radius 2 is 1.00 bits per heavy atom. The van der Waals surface area contributed by atoms with E-state index >= 15 is 0 Å². The molecule has 2 unspecified atom stereocenters. The Balaban J connectivity index is 1.58. The first-order chi connectivity index (χ1) is 9.88. The average Bonchev–Trinajstić information content (AvgIpc) is 3.09. The van der Waals surface area contributed by atoms with E-state index in [0.29, 0.717) is 5.66 Å². The number of rotatable bonds is 2. The summed E-state index contributed by atoms with van der Waals surface area (Å²) in [5.74, 6) is 2.14. The minimum atomic E-state index is 0.497.